The molecular formula is C14H12BrIN2O3S. The highest BCUT2D eigenvalue weighted by Crippen LogP contribution is 2.25. The van der Waals surface area contributed by atoms with Crippen LogP contribution in [0.15, 0.2) is 22.7 Å². The zero-order chi connectivity index (χ0) is 16.3. The van der Waals surface area contributed by atoms with Crippen molar-refractivity contribution in [3.8, 4) is 0 Å². The number of halogens is 2. The third kappa shape index (κ3) is 4.05. The van der Waals surface area contributed by atoms with Crippen molar-refractivity contribution in [2.45, 2.75) is 13.8 Å². The first-order valence-electron chi connectivity index (χ1n) is 6.33. The fourth-order valence-corrected chi connectivity index (χ4v) is 3.47. The van der Waals surface area contributed by atoms with E-state index in [-0.39, 0.29) is 5.91 Å². The maximum Gasteiger partial charge on any atom is 0.350 e. The first-order chi connectivity index (χ1) is 10.4. The molecular weight excluding hydrogens is 483 g/mol. The van der Waals surface area contributed by atoms with Gasteiger partial charge in [0, 0.05) is 8.04 Å². The molecule has 2 aromatic rings. The Kier molecular flexibility index (Phi) is 5.93. The largest absolute Gasteiger partial charge is 0.462 e. The van der Waals surface area contributed by atoms with E-state index in [4.69, 9.17) is 4.74 Å². The molecule has 22 heavy (non-hydrogen) atoms. The van der Waals surface area contributed by atoms with Gasteiger partial charge >= 0.3 is 5.97 Å². The monoisotopic (exact) mass is 494 g/mol. The number of nitrogens with one attached hydrogen (secondary N) is 1. The van der Waals surface area contributed by atoms with Crippen LogP contribution in [0.1, 0.15) is 32.6 Å². The molecule has 0 aliphatic carbocycles. The van der Waals surface area contributed by atoms with E-state index in [1.54, 1.807) is 19.9 Å². The van der Waals surface area contributed by atoms with E-state index in [0.29, 0.717) is 27.9 Å². The van der Waals surface area contributed by atoms with Gasteiger partial charge in [0.1, 0.15) is 4.88 Å². The second-order valence-corrected chi connectivity index (χ2v) is 7.31. The van der Waals surface area contributed by atoms with Gasteiger partial charge in [-0.3, -0.25) is 10.1 Å². The van der Waals surface area contributed by atoms with Crippen molar-refractivity contribution in [3.63, 3.8) is 0 Å². The molecule has 0 aliphatic rings. The van der Waals surface area contributed by atoms with E-state index in [9.17, 15) is 9.59 Å². The lowest BCUT2D eigenvalue weighted by molar-refractivity contribution is 0.0531. The van der Waals surface area contributed by atoms with Crippen molar-refractivity contribution in [1.82, 2.24) is 4.98 Å². The molecule has 2 rings (SSSR count). The van der Waals surface area contributed by atoms with Crippen LogP contribution in [-0.4, -0.2) is 23.5 Å². The molecule has 116 valence electrons. The fraction of sp³-hybridized carbons (Fsp3) is 0.214. The summed E-state index contributed by atoms with van der Waals surface area (Å²) in [6.07, 6.45) is 0. The highest BCUT2D eigenvalue weighted by atomic mass is 127. The van der Waals surface area contributed by atoms with Crippen LogP contribution >= 0.6 is 49.9 Å². The lowest BCUT2D eigenvalue weighted by Gasteiger charge is -2.04. The number of nitrogens with zero attached hydrogens (tertiary/aromatic N) is 1. The number of aryl methyl sites for hydroxylation is 1. The van der Waals surface area contributed by atoms with Gasteiger partial charge in [-0.25, -0.2) is 9.78 Å². The predicted octanol–water partition coefficient (Wildman–Crippen LogP) is 4.25. The Morgan fingerprint density at radius 2 is 2.18 bits per heavy atom. The minimum absolute atomic E-state index is 0.269. The molecule has 5 nitrogen and oxygen atoms in total. The minimum atomic E-state index is -0.421. The first-order valence-corrected chi connectivity index (χ1v) is 9.02. The van der Waals surface area contributed by atoms with Gasteiger partial charge in [0.15, 0.2) is 5.13 Å². The Morgan fingerprint density at radius 3 is 2.86 bits per heavy atom. The van der Waals surface area contributed by atoms with Crippen LogP contribution in [0, 0.1) is 10.5 Å². The summed E-state index contributed by atoms with van der Waals surface area (Å²) in [5.74, 6) is -0.690. The van der Waals surface area contributed by atoms with Gasteiger partial charge in [-0.2, -0.15) is 0 Å². The van der Waals surface area contributed by atoms with Crippen LogP contribution in [0.25, 0.3) is 0 Å². The molecule has 0 atom stereocenters. The molecule has 1 heterocycles. The van der Waals surface area contributed by atoms with E-state index in [2.05, 4.69) is 48.8 Å². The summed E-state index contributed by atoms with van der Waals surface area (Å²) in [6.45, 7) is 3.75. The number of benzene rings is 1. The minimum Gasteiger partial charge on any atom is -0.462 e. The van der Waals surface area contributed by atoms with E-state index in [1.165, 1.54) is 0 Å². The number of carbonyl (C=O) groups is 2. The third-order valence-corrected chi connectivity index (χ3v) is 5.14. The van der Waals surface area contributed by atoms with Crippen LogP contribution in [0.3, 0.4) is 0 Å². The molecule has 8 heteroatoms. The van der Waals surface area contributed by atoms with Crippen LogP contribution < -0.4 is 5.32 Å². The maximum absolute atomic E-state index is 12.3. The summed E-state index contributed by atoms with van der Waals surface area (Å²) in [6, 6.07) is 5.45. The Hall–Kier alpha value is -1.000. The summed E-state index contributed by atoms with van der Waals surface area (Å²) >= 11 is 6.55. The van der Waals surface area contributed by atoms with Gasteiger partial charge in [0.25, 0.3) is 5.91 Å². The zero-order valence-corrected chi connectivity index (χ0v) is 16.3. The van der Waals surface area contributed by atoms with Gasteiger partial charge < -0.3 is 4.74 Å². The Morgan fingerprint density at radius 1 is 1.45 bits per heavy atom. The first kappa shape index (κ1) is 17.4. The Labute approximate surface area is 153 Å². The fourth-order valence-electron chi connectivity index (χ4n) is 1.67. The maximum atomic E-state index is 12.3. The molecule has 0 bridgehead atoms. The summed E-state index contributed by atoms with van der Waals surface area (Å²) < 4.78 is 6.61. The molecule has 1 aromatic carbocycles. The number of thiazole rings is 1. The third-order valence-electron chi connectivity index (χ3n) is 2.65. The number of rotatable bonds is 4. The number of ether oxygens (including phenoxy) is 1. The van der Waals surface area contributed by atoms with Gasteiger partial charge in [-0.1, -0.05) is 27.3 Å². The predicted molar refractivity (Wildman–Crippen MR) is 97.6 cm³/mol. The normalized spacial score (nSPS) is 10.4. The molecule has 0 unspecified atom stereocenters. The number of esters is 1. The zero-order valence-electron chi connectivity index (χ0n) is 11.8. The highest BCUT2D eigenvalue weighted by Gasteiger charge is 2.18. The number of hydrogen-bond acceptors (Lipinski definition) is 5. The lowest BCUT2D eigenvalue weighted by atomic mass is 10.2. The Balaban J connectivity index is 2.20. The van der Waals surface area contributed by atoms with Gasteiger partial charge in [0.2, 0.25) is 0 Å². The summed E-state index contributed by atoms with van der Waals surface area (Å²) in [5.41, 5.74) is 1.09. The summed E-state index contributed by atoms with van der Waals surface area (Å²) in [5, 5.41) is 3.10. The van der Waals surface area contributed by atoms with E-state index in [1.807, 2.05) is 12.1 Å². The molecule has 1 aromatic heterocycles. The Bertz CT molecular complexity index is 733. The SMILES string of the molecule is CCOC(=O)c1sc(NC(=O)c2cc(Br)ccc2I)nc1C. The smallest absolute Gasteiger partial charge is 0.350 e. The van der Waals surface area contributed by atoms with Crippen molar-refractivity contribution in [2.75, 3.05) is 11.9 Å². The van der Waals surface area contributed by atoms with Crippen molar-refractivity contribution in [2.24, 2.45) is 0 Å². The molecule has 1 N–H and O–H groups in total. The van der Waals surface area contributed by atoms with Gasteiger partial charge in [-0.15, -0.1) is 0 Å². The van der Waals surface area contributed by atoms with Crippen molar-refractivity contribution in [1.29, 1.82) is 0 Å². The van der Waals surface area contributed by atoms with Crippen LogP contribution in [0.2, 0.25) is 0 Å². The van der Waals surface area contributed by atoms with E-state index >= 15 is 0 Å². The van der Waals surface area contributed by atoms with Crippen molar-refractivity contribution >= 4 is 66.9 Å². The quantitative estimate of drug-likeness (QED) is 0.509. The second-order valence-electron chi connectivity index (χ2n) is 4.23. The standard InChI is InChI=1S/C14H12BrIN2O3S/c1-3-21-13(20)11-7(2)17-14(22-11)18-12(19)9-6-8(15)4-5-10(9)16/h4-6H,3H2,1-2H3,(H,17,18,19). The van der Waals surface area contributed by atoms with Crippen molar-refractivity contribution < 1.29 is 14.3 Å². The number of aromatic nitrogens is 1. The molecule has 0 saturated heterocycles. The lowest BCUT2D eigenvalue weighted by Crippen LogP contribution is -2.13. The van der Waals surface area contributed by atoms with Crippen LogP contribution in [0.5, 0.6) is 0 Å². The average Bonchev–Trinajstić information content (AvgIpc) is 2.82. The molecule has 1 amide bonds. The number of amides is 1. The molecule has 0 radical (unpaired) electrons. The number of hydrogen-bond donors (Lipinski definition) is 1. The summed E-state index contributed by atoms with van der Waals surface area (Å²) in [4.78, 5) is 28.7. The van der Waals surface area contributed by atoms with E-state index in [0.717, 1.165) is 19.4 Å². The molecule has 0 spiro atoms. The molecule has 0 saturated carbocycles. The topological polar surface area (TPSA) is 68.3 Å². The number of anilines is 1. The van der Waals surface area contributed by atoms with Crippen LogP contribution in [0.4, 0.5) is 5.13 Å². The molecule has 0 fully saturated rings. The van der Waals surface area contributed by atoms with Gasteiger partial charge in [-0.05, 0) is 54.6 Å². The van der Waals surface area contributed by atoms with Gasteiger partial charge in [0.05, 0.1) is 17.9 Å². The van der Waals surface area contributed by atoms with E-state index < -0.39 is 5.97 Å². The highest BCUT2D eigenvalue weighted by molar-refractivity contribution is 14.1. The second kappa shape index (κ2) is 7.51. The van der Waals surface area contributed by atoms with Crippen molar-refractivity contribution in [3.05, 3.63) is 42.4 Å². The molecule has 0 aliphatic heterocycles. The van der Waals surface area contributed by atoms with Crippen LogP contribution in [-0.2, 0) is 4.74 Å². The number of carbonyl (C=O) groups excluding carboxylic acids is 2. The summed E-state index contributed by atoms with van der Waals surface area (Å²) in [7, 11) is 0. The average molecular weight is 495 g/mol.